The van der Waals surface area contributed by atoms with Gasteiger partial charge in [-0.3, -0.25) is 0 Å². The number of hydrogen-bond acceptors (Lipinski definition) is 4. The average Bonchev–Trinajstić information content (AvgIpc) is 2.67. The Morgan fingerprint density at radius 2 is 2.38 bits per heavy atom. The second-order valence-electron chi connectivity index (χ2n) is 3.72. The van der Waals surface area contributed by atoms with Crippen LogP contribution in [0.3, 0.4) is 0 Å². The summed E-state index contributed by atoms with van der Waals surface area (Å²) in [6.07, 6.45) is 2.04. The topological polar surface area (TPSA) is 51.0 Å². The summed E-state index contributed by atoms with van der Waals surface area (Å²) in [5.41, 5.74) is 0. The lowest BCUT2D eigenvalue weighted by atomic mass is 10.3. The van der Waals surface area contributed by atoms with Crippen molar-refractivity contribution in [3.05, 3.63) is 11.7 Å². The highest BCUT2D eigenvalue weighted by Gasteiger charge is 2.37. The molecule has 0 aromatic carbocycles. The first-order valence-electron chi connectivity index (χ1n) is 4.78. The van der Waals surface area contributed by atoms with Gasteiger partial charge in [-0.25, -0.2) is 0 Å². The Bertz CT molecular complexity index is 284. The van der Waals surface area contributed by atoms with Crippen molar-refractivity contribution in [1.82, 2.24) is 15.5 Å². The van der Waals surface area contributed by atoms with Crippen molar-refractivity contribution in [3.63, 3.8) is 0 Å². The molecule has 1 aromatic rings. The van der Waals surface area contributed by atoms with Gasteiger partial charge in [-0.15, -0.1) is 0 Å². The van der Waals surface area contributed by atoms with E-state index >= 15 is 0 Å². The SMILES string of the molecule is CNCCc1nc(C2CC2C)no1. The molecule has 1 saturated carbocycles. The van der Waals surface area contributed by atoms with Gasteiger partial charge >= 0.3 is 0 Å². The molecule has 2 unspecified atom stereocenters. The molecule has 0 bridgehead atoms. The van der Waals surface area contributed by atoms with E-state index < -0.39 is 0 Å². The van der Waals surface area contributed by atoms with Crippen molar-refractivity contribution in [3.8, 4) is 0 Å². The zero-order valence-corrected chi connectivity index (χ0v) is 8.08. The summed E-state index contributed by atoms with van der Waals surface area (Å²) in [6, 6.07) is 0. The van der Waals surface area contributed by atoms with E-state index in [0.717, 1.165) is 30.6 Å². The van der Waals surface area contributed by atoms with Crippen LogP contribution < -0.4 is 5.32 Å². The molecule has 0 aliphatic heterocycles. The molecular weight excluding hydrogens is 166 g/mol. The Morgan fingerprint density at radius 1 is 1.62 bits per heavy atom. The number of rotatable bonds is 4. The van der Waals surface area contributed by atoms with Crippen LogP contribution in [0.2, 0.25) is 0 Å². The maximum Gasteiger partial charge on any atom is 0.227 e. The molecule has 2 atom stereocenters. The molecule has 1 aliphatic rings. The lowest BCUT2D eigenvalue weighted by Crippen LogP contribution is -2.10. The summed E-state index contributed by atoms with van der Waals surface area (Å²) in [5, 5.41) is 7.02. The fourth-order valence-corrected chi connectivity index (χ4v) is 1.43. The Balaban J connectivity index is 1.94. The molecule has 13 heavy (non-hydrogen) atoms. The first kappa shape index (κ1) is 8.69. The third-order valence-corrected chi connectivity index (χ3v) is 2.51. The number of likely N-dealkylation sites (N-methyl/N-ethyl adjacent to an activating group) is 1. The Kier molecular flexibility index (Phi) is 2.31. The fourth-order valence-electron chi connectivity index (χ4n) is 1.43. The lowest BCUT2D eigenvalue weighted by molar-refractivity contribution is 0.371. The molecule has 1 heterocycles. The first-order chi connectivity index (χ1) is 6.31. The number of aromatic nitrogens is 2. The van der Waals surface area contributed by atoms with Crippen molar-refractivity contribution < 1.29 is 4.52 Å². The van der Waals surface area contributed by atoms with E-state index in [-0.39, 0.29) is 0 Å². The zero-order chi connectivity index (χ0) is 9.26. The summed E-state index contributed by atoms with van der Waals surface area (Å²) < 4.78 is 5.12. The van der Waals surface area contributed by atoms with Crippen molar-refractivity contribution in [2.24, 2.45) is 5.92 Å². The predicted octanol–water partition coefficient (Wildman–Crippen LogP) is 0.955. The summed E-state index contributed by atoms with van der Waals surface area (Å²) >= 11 is 0. The van der Waals surface area contributed by atoms with Gasteiger partial charge in [0.05, 0.1) is 0 Å². The van der Waals surface area contributed by atoms with Crippen LogP contribution in [0.15, 0.2) is 4.52 Å². The summed E-state index contributed by atoms with van der Waals surface area (Å²) in [7, 11) is 1.92. The molecule has 0 amide bonds. The summed E-state index contributed by atoms with van der Waals surface area (Å²) in [6.45, 7) is 3.11. The molecular formula is C9H15N3O. The third kappa shape index (κ3) is 1.88. The largest absolute Gasteiger partial charge is 0.339 e. The van der Waals surface area contributed by atoms with Gasteiger partial charge in [0.1, 0.15) is 0 Å². The number of hydrogen-bond donors (Lipinski definition) is 1. The Labute approximate surface area is 77.7 Å². The molecule has 72 valence electrons. The van der Waals surface area contributed by atoms with Crippen LogP contribution in [-0.2, 0) is 6.42 Å². The third-order valence-electron chi connectivity index (χ3n) is 2.51. The zero-order valence-electron chi connectivity index (χ0n) is 8.08. The van der Waals surface area contributed by atoms with Crippen molar-refractivity contribution in [2.45, 2.75) is 25.7 Å². The van der Waals surface area contributed by atoms with E-state index in [1.165, 1.54) is 6.42 Å². The molecule has 4 nitrogen and oxygen atoms in total. The van der Waals surface area contributed by atoms with Crippen LogP contribution in [0.25, 0.3) is 0 Å². The molecule has 0 radical (unpaired) electrons. The van der Waals surface area contributed by atoms with Crippen LogP contribution >= 0.6 is 0 Å². The highest BCUT2D eigenvalue weighted by Crippen LogP contribution is 2.45. The van der Waals surface area contributed by atoms with E-state index in [4.69, 9.17) is 4.52 Å². The minimum absolute atomic E-state index is 0.562. The molecule has 1 aromatic heterocycles. The fraction of sp³-hybridized carbons (Fsp3) is 0.778. The van der Waals surface area contributed by atoms with Crippen LogP contribution in [0.1, 0.15) is 31.0 Å². The van der Waals surface area contributed by atoms with E-state index in [2.05, 4.69) is 22.4 Å². The van der Waals surface area contributed by atoms with Gasteiger partial charge in [-0.05, 0) is 19.4 Å². The second kappa shape index (κ2) is 3.46. The molecule has 1 fully saturated rings. The maximum atomic E-state index is 5.12. The Morgan fingerprint density at radius 3 is 3.00 bits per heavy atom. The minimum atomic E-state index is 0.562. The standard InChI is InChI=1S/C9H15N3O/c1-6-5-7(6)9-11-8(13-12-9)3-4-10-2/h6-7,10H,3-5H2,1-2H3. The molecule has 0 saturated heterocycles. The second-order valence-corrected chi connectivity index (χ2v) is 3.72. The van der Waals surface area contributed by atoms with E-state index in [0.29, 0.717) is 5.92 Å². The monoisotopic (exact) mass is 181 g/mol. The normalized spacial score (nSPS) is 26.3. The van der Waals surface area contributed by atoms with Gasteiger partial charge < -0.3 is 9.84 Å². The molecule has 0 spiro atoms. The van der Waals surface area contributed by atoms with Gasteiger partial charge in [0, 0.05) is 18.9 Å². The quantitative estimate of drug-likeness (QED) is 0.751. The molecule has 2 rings (SSSR count). The van der Waals surface area contributed by atoms with Gasteiger partial charge in [0.25, 0.3) is 0 Å². The smallest absolute Gasteiger partial charge is 0.227 e. The lowest BCUT2D eigenvalue weighted by Gasteiger charge is -1.90. The van der Waals surface area contributed by atoms with Gasteiger partial charge in [0.15, 0.2) is 5.82 Å². The predicted molar refractivity (Wildman–Crippen MR) is 48.5 cm³/mol. The van der Waals surface area contributed by atoms with E-state index in [1.807, 2.05) is 7.05 Å². The van der Waals surface area contributed by atoms with Crippen molar-refractivity contribution in [2.75, 3.05) is 13.6 Å². The summed E-state index contributed by atoms with van der Waals surface area (Å²) in [4.78, 5) is 4.34. The van der Waals surface area contributed by atoms with Crippen molar-refractivity contribution >= 4 is 0 Å². The highest BCUT2D eigenvalue weighted by molar-refractivity contribution is 5.07. The molecule has 1 N–H and O–H groups in total. The highest BCUT2D eigenvalue weighted by atomic mass is 16.5. The number of nitrogens with one attached hydrogen (secondary N) is 1. The summed E-state index contributed by atoms with van der Waals surface area (Å²) in [5.74, 6) is 2.96. The molecule has 4 heteroatoms. The van der Waals surface area contributed by atoms with Crippen LogP contribution in [0, 0.1) is 5.92 Å². The maximum absolute atomic E-state index is 5.12. The first-order valence-corrected chi connectivity index (χ1v) is 4.78. The van der Waals surface area contributed by atoms with E-state index in [9.17, 15) is 0 Å². The Hall–Kier alpha value is -0.900. The van der Waals surface area contributed by atoms with Crippen LogP contribution in [0.5, 0.6) is 0 Å². The van der Waals surface area contributed by atoms with Gasteiger partial charge in [-0.2, -0.15) is 4.98 Å². The van der Waals surface area contributed by atoms with Gasteiger partial charge in [-0.1, -0.05) is 12.1 Å². The number of nitrogens with zero attached hydrogens (tertiary/aromatic N) is 2. The average molecular weight is 181 g/mol. The molecule has 1 aliphatic carbocycles. The van der Waals surface area contributed by atoms with Crippen LogP contribution in [-0.4, -0.2) is 23.7 Å². The minimum Gasteiger partial charge on any atom is -0.339 e. The van der Waals surface area contributed by atoms with Crippen LogP contribution in [0.4, 0.5) is 0 Å². The van der Waals surface area contributed by atoms with Gasteiger partial charge in [0.2, 0.25) is 5.89 Å². The van der Waals surface area contributed by atoms with E-state index in [1.54, 1.807) is 0 Å². The van der Waals surface area contributed by atoms with Crippen molar-refractivity contribution in [1.29, 1.82) is 0 Å².